The van der Waals surface area contributed by atoms with Gasteiger partial charge in [0, 0.05) is 16.6 Å². The summed E-state index contributed by atoms with van der Waals surface area (Å²) in [5, 5.41) is 9.03. The molecule has 1 unspecified atom stereocenters. The monoisotopic (exact) mass is 245 g/mol. The van der Waals surface area contributed by atoms with E-state index in [9.17, 15) is 9.18 Å². The molecule has 0 amide bonds. The van der Waals surface area contributed by atoms with Gasteiger partial charge in [-0.3, -0.25) is 4.79 Å². The van der Waals surface area contributed by atoms with Crippen molar-refractivity contribution >= 4 is 17.6 Å². The lowest BCUT2D eigenvalue weighted by atomic mass is 9.96. The molecule has 0 radical (unpaired) electrons. The van der Waals surface area contributed by atoms with Crippen molar-refractivity contribution in [2.75, 3.05) is 0 Å². The van der Waals surface area contributed by atoms with E-state index in [1.165, 1.54) is 6.07 Å². The van der Waals surface area contributed by atoms with Gasteiger partial charge in [-0.05, 0) is 31.0 Å². The summed E-state index contributed by atoms with van der Waals surface area (Å²) in [6.45, 7) is 3.19. The maximum atomic E-state index is 13.8. The van der Waals surface area contributed by atoms with Gasteiger partial charge in [0.05, 0.1) is 6.42 Å². The Kier molecular flexibility index (Phi) is 3.88. The largest absolute Gasteiger partial charge is 0.481 e. The summed E-state index contributed by atoms with van der Waals surface area (Å²) in [5.41, 5.74) is 6.71. The van der Waals surface area contributed by atoms with Crippen LogP contribution in [0.2, 0.25) is 5.02 Å². The number of hydrogen-bond donors (Lipinski definition) is 2. The highest BCUT2D eigenvalue weighted by atomic mass is 35.5. The van der Waals surface area contributed by atoms with Gasteiger partial charge >= 0.3 is 5.97 Å². The SMILES string of the molecule is Cc1cc(Cl)c(C)c(C(N)CC(=O)O)c1F. The van der Waals surface area contributed by atoms with Crippen LogP contribution in [0.3, 0.4) is 0 Å². The molecule has 16 heavy (non-hydrogen) atoms. The zero-order valence-electron chi connectivity index (χ0n) is 9.05. The van der Waals surface area contributed by atoms with Crippen LogP contribution < -0.4 is 5.73 Å². The molecule has 0 aliphatic rings. The van der Waals surface area contributed by atoms with Crippen molar-refractivity contribution in [1.82, 2.24) is 0 Å². The fraction of sp³-hybridized carbons (Fsp3) is 0.364. The van der Waals surface area contributed by atoms with Crippen molar-refractivity contribution in [2.24, 2.45) is 5.73 Å². The molecular formula is C11H13ClFNO2. The number of carbonyl (C=O) groups is 1. The molecule has 1 aromatic rings. The predicted octanol–water partition coefficient (Wildman–Crippen LogP) is 2.57. The number of halogens is 2. The van der Waals surface area contributed by atoms with E-state index in [-0.39, 0.29) is 12.0 Å². The molecule has 1 atom stereocenters. The first-order valence-corrected chi connectivity index (χ1v) is 5.14. The fourth-order valence-electron chi connectivity index (χ4n) is 1.60. The Morgan fingerprint density at radius 3 is 2.69 bits per heavy atom. The molecule has 0 aliphatic heterocycles. The van der Waals surface area contributed by atoms with E-state index in [1.807, 2.05) is 0 Å². The molecule has 0 spiro atoms. The van der Waals surface area contributed by atoms with Crippen molar-refractivity contribution < 1.29 is 14.3 Å². The molecule has 1 rings (SSSR count). The molecule has 0 bridgehead atoms. The third kappa shape index (κ3) is 2.51. The van der Waals surface area contributed by atoms with Crippen LogP contribution in [0.1, 0.15) is 29.2 Å². The summed E-state index contributed by atoms with van der Waals surface area (Å²) >= 11 is 5.90. The van der Waals surface area contributed by atoms with Crippen molar-refractivity contribution in [3.63, 3.8) is 0 Å². The molecule has 0 saturated heterocycles. The summed E-state index contributed by atoms with van der Waals surface area (Å²) in [7, 11) is 0. The van der Waals surface area contributed by atoms with Gasteiger partial charge in [-0.2, -0.15) is 0 Å². The summed E-state index contributed by atoms with van der Waals surface area (Å²) in [6, 6.07) is 0.623. The van der Waals surface area contributed by atoms with Gasteiger partial charge in [-0.25, -0.2) is 4.39 Å². The average Bonchev–Trinajstić information content (AvgIpc) is 2.14. The van der Waals surface area contributed by atoms with Gasteiger partial charge < -0.3 is 10.8 Å². The topological polar surface area (TPSA) is 63.3 Å². The van der Waals surface area contributed by atoms with Gasteiger partial charge in [0.25, 0.3) is 0 Å². The number of carboxylic acid groups (broad SMARTS) is 1. The molecule has 88 valence electrons. The van der Waals surface area contributed by atoms with Crippen LogP contribution in [0.5, 0.6) is 0 Å². The Morgan fingerprint density at radius 2 is 2.19 bits per heavy atom. The van der Waals surface area contributed by atoms with Gasteiger partial charge in [0.15, 0.2) is 0 Å². The highest BCUT2D eigenvalue weighted by molar-refractivity contribution is 6.31. The maximum absolute atomic E-state index is 13.8. The number of benzene rings is 1. The standard InChI is InChI=1S/C11H13ClFNO2/c1-5-3-7(12)6(2)10(11(5)13)8(14)4-9(15)16/h3,8H,4,14H2,1-2H3,(H,15,16). The number of rotatable bonds is 3. The second kappa shape index (κ2) is 4.80. The van der Waals surface area contributed by atoms with Crippen LogP contribution in [0, 0.1) is 19.7 Å². The Bertz CT molecular complexity index is 408. The molecule has 0 saturated carbocycles. The smallest absolute Gasteiger partial charge is 0.305 e. The van der Waals surface area contributed by atoms with Gasteiger partial charge in [0.2, 0.25) is 0 Å². The number of hydrogen-bond acceptors (Lipinski definition) is 2. The second-order valence-electron chi connectivity index (χ2n) is 3.73. The van der Waals surface area contributed by atoms with Gasteiger partial charge in [-0.15, -0.1) is 0 Å². The summed E-state index contributed by atoms with van der Waals surface area (Å²) in [5.74, 6) is -1.54. The molecule has 1 aromatic carbocycles. The third-order valence-electron chi connectivity index (χ3n) is 2.45. The van der Waals surface area contributed by atoms with Crippen LogP contribution in [0.15, 0.2) is 6.07 Å². The summed E-state index contributed by atoms with van der Waals surface area (Å²) in [4.78, 5) is 10.5. The molecule has 0 fully saturated rings. The quantitative estimate of drug-likeness (QED) is 0.860. The van der Waals surface area contributed by atoms with E-state index < -0.39 is 17.8 Å². The van der Waals surface area contributed by atoms with Crippen LogP contribution in [-0.2, 0) is 4.79 Å². The van der Waals surface area contributed by atoms with Crippen molar-refractivity contribution in [3.05, 3.63) is 33.6 Å². The molecule has 0 aromatic heterocycles. The minimum absolute atomic E-state index is 0.187. The van der Waals surface area contributed by atoms with E-state index in [2.05, 4.69) is 0 Å². The van der Waals surface area contributed by atoms with E-state index in [1.54, 1.807) is 13.8 Å². The average molecular weight is 246 g/mol. The number of aliphatic carboxylic acids is 1. The van der Waals surface area contributed by atoms with Gasteiger partial charge in [0.1, 0.15) is 5.82 Å². The number of carboxylic acids is 1. The molecule has 0 heterocycles. The first kappa shape index (κ1) is 12.9. The molecular weight excluding hydrogens is 233 g/mol. The molecule has 3 N–H and O–H groups in total. The second-order valence-corrected chi connectivity index (χ2v) is 4.14. The zero-order valence-corrected chi connectivity index (χ0v) is 9.81. The Balaban J connectivity index is 3.26. The first-order valence-electron chi connectivity index (χ1n) is 4.77. The Labute approximate surface area is 98.0 Å². The molecule has 5 heteroatoms. The van der Waals surface area contributed by atoms with Crippen LogP contribution in [0.25, 0.3) is 0 Å². The first-order chi connectivity index (χ1) is 7.34. The highest BCUT2D eigenvalue weighted by Crippen LogP contribution is 2.29. The van der Waals surface area contributed by atoms with Crippen LogP contribution >= 0.6 is 11.6 Å². The van der Waals surface area contributed by atoms with Crippen molar-refractivity contribution in [2.45, 2.75) is 26.3 Å². The van der Waals surface area contributed by atoms with E-state index in [4.69, 9.17) is 22.4 Å². The van der Waals surface area contributed by atoms with Gasteiger partial charge in [-0.1, -0.05) is 11.6 Å². The van der Waals surface area contributed by atoms with Crippen LogP contribution in [-0.4, -0.2) is 11.1 Å². The van der Waals surface area contributed by atoms with E-state index in [0.717, 1.165) is 0 Å². The number of nitrogens with two attached hydrogens (primary N) is 1. The Hall–Kier alpha value is -1.13. The minimum Gasteiger partial charge on any atom is -0.481 e. The van der Waals surface area contributed by atoms with Crippen molar-refractivity contribution in [3.8, 4) is 0 Å². The van der Waals surface area contributed by atoms with E-state index >= 15 is 0 Å². The zero-order chi connectivity index (χ0) is 12.5. The Morgan fingerprint density at radius 1 is 1.62 bits per heavy atom. The normalized spacial score (nSPS) is 12.6. The molecule has 3 nitrogen and oxygen atoms in total. The summed E-state index contributed by atoms with van der Waals surface area (Å²) < 4.78 is 13.8. The lowest BCUT2D eigenvalue weighted by Gasteiger charge is -2.16. The molecule has 0 aliphatic carbocycles. The fourth-order valence-corrected chi connectivity index (χ4v) is 1.86. The highest BCUT2D eigenvalue weighted by Gasteiger charge is 2.20. The third-order valence-corrected chi connectivity index (χ3v) is 2.85. The lowest BCUT2D eigenvalue weighted by molar-refractivity contribution is -0.137. The lowest BCUT2D eigenvalue weighted by Crippen LogP contribution is -2.18. The van der Waals surface area contributed by atoms with E-state index in [0.29, 0.717) is 16.1 Å². The van der Waals surface area contributed by atoms with Crippen LogP contribution in [0.4, 0.5) is 4.39 Å². The minimum atomic E-state index is -1.07. The maximum Gasteiger partial charge on any atom is 0.305 e. The number of aryl methyl sites for hydroxylation is 1. The predicted molar refractivity (Wildman–Crippen MR) is 60.1 cm³/mol. The summed E-state index contributed by atoms with van der Waals surface area (Å²) in [6.07, 6.45) is -0.322. The van der Waals surface area contributed by atoms with Crippen molar-refractivity contribution in [1.29, 1.82) is 0 Å².